The van der Waals surface area contributed by atoms with Gasteiger partial charge >= 0.3 is 5.97 Å². The van der Waals surface area contributed by atoms with Crippen molar-refractivity contribution in [3.05, 3.63) is 54.7 Å². The Labute approximate surface area is 190 Å². The molecule has 0 N–H and O–H groups in total. The van der Waals surface area contributed by atoms with Crippen LogP contribution in [-0.4, -0.2) is 17.1 Å². The molecule has 1 aromatic heterocycles. The maximum atomic E-state index is 11.3. The molecule has 0 aliphatic carbocycles. The third kappa shape index (κ3) is 15.3. The number of esters is 1. The van der Waals surface area contributed by atoms with Crippen molar-refractivity contribution in [3.8, 4) is 11.3 Å². The minimum Gasteiger partial charge on any atom is -0.463 e. The van der Waals surface area contributed by atoms with Crippen LogP contribution in [0.4, 0.5) is 0 Å². The van der Waals surface area contributed by atoms with Gasteiger partial charge in [-0.15, -0.1) is 0 Å². The highest BCUT2D eigenvalue weighted by atomic mass is 16.5. The number of carbonyl (C=O) groups excluding carboxylic acids is 1. The van der Waals surface area contributed by atoms with Crippen LogP contribution in [0.5, 0.6) is 0 Å². The number of pyridine rings is 1. The molecule has 3 nitrogen and oxygen atoms in total. The van der Waals surface area contributed by atoms with Gasteiger partial charge in [0.2, 0.25) is 0 Å². The first-order valence-corrected chi connectivity index (χ1v) is 12.3. The van der Waals surface area contributed by atoms with Crippen molar-refractivity contribution in [2.24, 2.45) is 0 Å². The Morgan fingerprint density at radius 1 is 0.774 bits per heavy atom. The van der Waals surface area contributed by atoms with Crippen molar-refractivity contribution < 1.29 is 9.53 Å². The van der Waals surface area contributed by atoms with Crippen molar-refractivity contribution >= 4 is 5.97 Å². The molecule has 0 aliphatic heterocycles. The van der Waals surface area contributed by atoms with E-state index in [1.54, 1.807) is 0 Å². The summed E-state index contributed by atoms with van der Waals surface area (Å²) in [6, 6.07) is 16.1. The molecule has 172 valence electrons. The Kier molecular flexibility index (Phi) is 16.1. The molecule has 31 heavy (non-hydrogen) atoms. The van der Waals surface area contributed by atoms with Gasteiger partial charge in [-0.3, -0.25) is 9.78 Å². The number of carbonyl (C=O) groups is 1. The first-order chi connectivity index (χ1) is 15.1. The first-order valence-electron chi connectivity index (χ1n) is 12.3. The molecule has 3 heteroatoms. The average Bonchev–Trinajstić information content (AvgIpc) is 2.78. The first kappa shape index (κ1) is 26.9. The fourth-order valence-corrected chi connectivity index (χ4v) is 3.40. The van der Waals surface area contributed by atoms with Crippen molar-refractivity contribution in [2.75, 3.05) is 0 Å². The standard InChI is InChI=1S/C17H34O2.C11H9N/c1-4-5-6-7-8-9-10-11-12-13-14-15-17(18)19-16(2)3;1-2-6-10(7-3-1)11-8-4-5-9-12-11/h16H,4-15H2,1-3H3;1-9H. The summed E-state index contributed by atoms with van der Waals surface area (Å²) in [5.41, 5.74) is 2.19. The van der Waals surface area contributed by atoms with E-state index < -0.39 is 0 Å². The predicted molar refractivity (Wildman–Crippen MR) is 132 cm³/mol. The summed E-state index contributed by atoms with van der Waals surface area (Å²) >= 11 is 0. The number of hydrogen-bond donors (Lipinski definition) is 0. The second kappa shape index (κ2) is 18.6. The maximum absolute atomic E-state index is 11.3. The number of ether oxygens (including phenoxy) is 1. The summed E-state index contributed by atoms with van der Waals surface area (Å²) in [5, 5.41) is 0. The van der Waals surface area contributed by atoms with Gasteiger partial charge in [0.25, 0.3) is 0 Å². The molecule has 0 amide bonds. The minimum atomic E-state index is -0.0362. The van der Waals surface area contributed by atoms with Crippen molar-refractivity contribution in [1.82, 2.24) is 4.98 Å². The van der Waals surface area contributed by atoms with Crippen LogP contribution in [0, 0.1) is 0 Å². The van der Waals surface area contributed by atoms with E-state index >= 15 is 0 Å². The van der Waals surface area contributed by atoms with Gasteiger partial charge in [-0.1, -0.05) is 108 Å². The van der Waals surface area contributed by atoms with E-state index in [9.17, 15) is 4.79 Å². The molecule has 2 aromatic rings. The van der Waals surface area contributed by atoms with Gasteiger partial charge in [0.05, 0.1) is 11.8 Å². The smallest absolute Gasteiger partial charge is 0.306 e. The van der Waals surface area contributed by atoms with Crippen LogP contribution >= 0.6 is 0 Å². The van der Waals surface area contributed by atoms with Crippen molar-refractivity contribution in [2.45, 2.75) is 104 Å². The van der Waals surface area contributed by atoms with Crippen LogP contribution < -0.4 is 0 Å². The van der Waals surface area contributed by atoms with Crippen molar-refractivity contribution in [1.29, 1.82) is 0 Å². The molecule has 0 fully saturated rings. The average molecular weight is 426 g/mol. The zero-order valence-electron chi connectivity index (χ0n) is 20.0. The minimum absolute atomic E-state index is 0.0280. The molecule has 0 radical (unpaired) electrons. The number of unbranched alkanes of at least 4 members (excludes halogenated alkanes) is 10. The van der Waals surface area contributed by atoms with Gasteiger partial charge in [0.1, 0.15) is 0 Å². The maximum Gasteiger partial charge on any atom is 0.306 e. The van der Waals surface area contributed by atoms with E-state index in [0.717, 1.165) is 17.7 Å². The Bertz CT molecular complexity index is 618. The summed E-state index contributed by atoms with van der Waals surface area (Å²) in [4.78, 5) is 15.5. The highest BCUT2D eigenvalue weighted by Gasteiger charge is 2.04. The van der Waals surface area contributed by atoms with E-state index in [1.165, 1.54) is 64.2 Å². The zero-order valence-corrected chi connectivity index (χ0v) is 20.0. The molecule has 0 saturated heterocycles. The lowest BCUT2D eigenvalue weighted by atomic mass is 10.1. The molecule has 2 rings (SSSR count). The van der Waals surface area contributed by atoms with E-state index in [-0.39, 0.29) is 12.1 Å². The van der Waals surface area contributed by atoms with Crippen LogP contribution in [0.25, 0.3) is 11.3 Å². The van der Waals surface area contributed by atoms with Crippen molar-refractivity contribution in [3.63, 3.8) is 0 Å². The second-order valence-electron chi connectivity index (χ2n) is 8.41. The molecular formula is C28H43NO2. The Hall–Kier alpha value is -2.16. The van der Waals surface area contributed by atoms with Crippen LogP contribution in [-0.2, 0) is 9.53 Å². The SMILES string of the molecule is CCCCCCCCCCCCCC(=O)OC(C)C.c1ccc(-c2ccccn2)cc1. The van der Waals surface area contributed by atoms with Gasteiger partial charge in [0, 0.05) is 18.2 Å². The Morgan fingerprint density at radius 2 is 1.32 bits per heavy atom. The molecular weight excluding hydrogens is 382 g/mol. The third-order valence-corrected chi connectivity index (χ3v) is 5.09. The van der Waals surface area contributed by atoms with Crippen LogP contribution in [0.2, 0.25) is 0 Å². The highest BCUT2D eigenvalue weighted by Crippen LogP contribution is 2.14. The van der Waals surface area contributed by atoms with Gasteiger partial charge in [-0.2, -0.15) is 0 Å². The van der Waals surface area contributed by atoms with Gasteiger partial charge in [-0.25, -0.2) is 0 Å². The van der Waals surface area contributed by atoms with Gasteiger partial charge < -0.3 is 4.74 Å². The van der Waals surface area contributed by atoms with Gasteiger partial charge in [-0.05, 0) is 32.4 Å². The van der Waals surface area contributed by atoms with Gasteiger partial charge in [0.15, 0.2) is 0 Å². The van der Waals surface area contributed by atoms with E-state index in [2.05, 4.69) is 24.0 Å². The lowest BCUT2D eigenvalue weighted by Crippen LogP contribution is -2.10. The van der Waals surface area contributed by atoms with E-state index in [0.29, 0.717) is 6.42 Å². The number of benzene rings is 1. The summed E-state index contributed by atoms with van der Waals surface area (Å²) in [6.45, 7) is 6.06. The number of nitrogens with zero attached hydrogens (tertiary/aromatic N) is 1. The molecule has 0 aliphatic rings. The monoisotopic (exact) mass is 425 g/mol. The third-order valence-electron chi connectivity index (χ3n) is 5.09. The number of aromatic nitrogens is 1. The molecule has 0 bridgehead atoms. The summed E-state index contributed by atoms with van der Waals surface area (Å²) in [5.74, 6) is -0.0362. The number of hydrogen-bond acceptors (Lipinski definition) is 3. The summed E-state index contributed by atoms with van der Waals surface area (Å²) < 4.78 is 5.10. The van der Waals surface area contributed by atoms with E-state index in [4.69, 9.17) is 4.74 Å². The molecule has 1 aromatic carbocycles. The summed E-state index contributed by atoms with van der Waals surface area (Å²) in [6.07, 6.45) is 16.9. The molecule has 1 heterocycles. The molecule has 0 spiro atoms. The highest BCUT2D eigenvalue weighted by molar-refractivity contribution is 5.69. The largest absolute Gasteiger partial charge is 0.463 e. The Morgan fingerprint density at radius 3 is 1.84 bits per heavy atom. The quantitative estimate of drug-likeness (QED) is 0.225. The van der Waals surface area contributed by atoms with Crippen LogP contribution in [0.3, 0.4) is 0 Å². The number of rotatable bonds is 14. The van der Waals surface area contributed by atoms with Crippen LogP contribution in [0.1, 0.15) is 97.8 Å². The lowest BCUT2D eigenvalue weighted by Gasteiger charge is -2.07. The summed E-state index contributed by atoms with van der Waals surface area (Å²) in [7, 11) is 0. The topological polar surface area (TPSA) is 39.2 Å². The Balaban J connectivity index is 0.000000339. The lowest BCUT2D eigenvalue weighted by molar-refractivity contribution is -0.147. The van der Waals surface area contributed by atoms with E-state index in [1.807, 2.05) is 56.4 Å². The molecule has 0 saturated carbocycles. The fraction of sp³-hybridized carbons (Fsp3) is 0.571. The molecule has 0 unspecified atom stereocenters. The normalized spacial score (nSPS) is 10.5. The molecule has 0 atom stereocenters. The second-order valence-corrected chi connectivity index (χ2v) is 8.41. The predicted octanol–water partition coefficient (Wildman–Crippen LogP) is 8.39. The fourth-order valence-electron chi connectivity index (χ4n) is 3.40. The zero-order chi connectivity index (χ0) is 22.6. The van der Waals surface area contributed by atoms with Crippen LogP contribution in [0.15, 0.2) is 54.7 Å².